The second-order valence-electron chi connectivity index (χ2n) is 3.98. The number of carbonyl (C=O) groups excluding carboxylic acids is 1. The Morgan fingerprint density at radius 3 is 2.47 bits per heavy atom. The summed E-state index contributed by atoms with van der Waals surface area (Å²) in [6.45, 7) is 7.82. The second kappa shape index (κ2) is 7.07. The molecule has 0 spiro atoms. The zero-order valence-corrected chi connectivity index (χ0v) is 10.8. The predicted octanol–water partition coefficient (Wildman–Crippen LogP) is 2.46. The van der Waals surface area contributed by atoms with Crippen LogP contribution in [-0.2, 0) is 16.1 Å². The molecule has 1 atom stereocenters. The topological polar surface area (TPSA) is 29.5 Å². The molecule has 3 nitrogen and oxygen atoms in total. The van der Waals surface area contributed by atoms with Crippen LogP contribution in [0.5, 0.6) is 0 Å². The maximum absolute atomic E-state index is 11.7. The van der Waals surface area contributed by atoms with E-state index in [4.69, 9.17) is 4.74 Å². The molecule has 1 rings (SSSR count). The molecule has 3 heteroatoms. The van der Waals surface area contributed by atoms with Crippen molar-refractivity contribution in [1.82, 2.24) is 4.90 Å². The van der Waals surface area contributed by atoms with E-state index in [2.05, 4.69) is 24.0 Å². The molecule has 0 saturated carbocycles. The molecule has 0 fully saturated rings. The number of esters is 1. The first-order valence-corrected chi connectivity index (χ1v) is 6.13. The summed E-state index contributed by atoms with van der Waals surface area (Å²) in [5, 5.41) is 0. The summed E-state index contributed by atoms with van der Waals surface area (Å²) in [4.78, 5) is 13.8. The van der Waals surface area contributed by atoms with Crippen molar-refractivity contribution in [1.29, 1.82) is 0 Å². The summed E-state index contributed by atoms with van der Waals surface area (Å²) in [7, 11) is 0. The third-order valence-corrected chi connectivity index (χ3v) is 2.81. The van der Waals surface area contributed by atoms with E-state index in [1.165, 1.54) is 5.56 Å². The van der Waals surface area contributed by atoms with Crippen LogP contribution in [0.2, 0.25) is 0 Å². The normalized spacial score (nSPS) is 12.5. The summed E-state index contributed by atoms with van der Waals surface area (Å²) >= 11 is 0. The summed E-state index contributed by atoms with van der Waals surface area (Å²) < 4.78 is 5.04. The van der Waals surface area contributed by atoms with Gasteiger partial charge in [0.05, 0.1) is 6.61 Å². The van der Waals surface area contributed by atoms with Crippen LogP contribution in [0.15, 0.2) is 30.3 Å². The van der Waals surface area contributed by atoms with Crippen molar-refractivity contribution in [2.75, 3.05) is 13.2 Å². The number of rotatable bonds is 6. The van der Waals surface area contributed by atoms with Gasteiger partial charge in [0.2, 0.25) is 0 Å². The monoisotopic (exact) mass is 235 g/mol. The maximum atomic E-state index is 11.7. The van der Waals surface area contributed by atoms with Crippen molar-refractivity contribution in [3.63, 3.8) is 0 Å². The van der Waals surface area contributed by atoms with Gasteiger partial charge in [-0.3, -0.25) is 9.69 Å². The van der Waals surface area contributed by atoms with Gasteiger partial charge in [0.1, 0.15) is 6.04 Å². The number of hydrogen-bond acceptors (Lipinski definition) is 3. The van der Waals surface area contributed by atoms with Crippen LogP contribution >= 0.6 is 0 Å². The number of benzene rings is 1. The molecule has 0 bridgehead atoms. The Kier molecular flexibility index (Phi) is 5.70. The quantitative estimate of drug-likeness (QED) is 0.709. The van der Waals surface area contributed by atoms with E-state index in [0.717, 1.165) is 13.1 Å². The third kappa shape index (κ3) is 4.19. The molecule has 0 saturated heterocycles. The lowest BCUT2D eigenvalue weighted by Gasteiger charge is -2.26. The standard InChI is InChI=1S/C14H21NO2/c1-4-15(12(3)14(16)17-5-2)11-13-9-7-6-8-10-13/h6-10,12H,4-5,11H2,1-3H3. The van der Waals surface area contributed by atoms with E-state index in [1.54, 1.807) is 0 Å². The van der Waals surface area contributed by atoms with Gasteiger partial charge in [0, 0.05) is 6.54 Å². The molecule has 0 N–H and O–H groups in total. The maximum Gasteiger partial charge on any atom is 0.323 e. The Hall–Kier alpha value is -1.35. The molecular formula is C14H21NO2. The van der Waals surface area contributed by atoms with E-state index < -0.39 is 0 Å². The number of carbonyl (C=O) groups is 1. The zero-order valence-electron chi connectivity index (χ0n) is 10.8. The SMILES string of the molecule is CCOC(=O)C(C)N(CC)Cc1ccccc1. The smallest absolute Gasteiger partial charge is 0.323 e. The molecule has 0 amide bonds. The van der Waals surface area contributed by atoms with Crippen LogP contribution in [0, 0.1) is 0 Å². The number of nitrogens with zero attached hydrogens (tertiary/aromatic N) is 1. The van der Waals surface area contributed by atoms with Crippen LogP contribution < -0.4 is 0 Å². The molecule has 0 aliphatic carbocycles. The number of ether oxygens (including phenoxy) is 1. The third-order valence-electron chi connectivity index (χ3n) is 2.81. The lowest BCUT2D eigenvalue weighted by atomic mass is 10.2. The minimum atomic E-state index is -0.194. The molecule has 1 unspecified atom stereocenters. The first kappa shape index (κ1) is 13.7. The Balaban J connectivity index is 2.62. The van der Waals surface area contributed by atoms with Gasteiger partial charge in [0.25, 0.3) is 0 Å². The number of hydrogen-bond donors (Lipinski definition) is 0. The van der Waals surface area contributed by atoms with Gasteiger partial charge in [-0.15, -0.1) is 0 Å². The zero-order chi connectivity index (χ0) is 12.7. The summed E-state index contributed by atoms with van der Waals surface area (Å²) in [6, 6.07) is 9.96. The number of likely N-dealkylation sites (N-methyl/N-ethyl adjacent to an activating group) is 1. The van der Waals surface area contributed by atoms with E-state index in [-0.39, 0.29) is 12.0 Å². The lowest BCUT2D eigenvalue weighted by molar-refractivity contribution is -0.149. The highest BCUT2D eigenvalue weighted by molar-refractivity contribution is 5.75. The van der Waals surface area contributed by atoms with Gasteiger partial charge in [-0.05, 0) is 26.0 Å². The molecule has 0 aliphatic rings. The van der Waals surface area contributed by atoms with Gasteiger partial charge < -0.3 is 4.74 Å². The molecule has 0 heterocycles. The Morgan fingerprint density at radius 2 is 1.94 bits per heavy atom. The molecule has 0 aliphatic heterocycles. The first-order chi connectivity index (χ1) is 8.19. The Morgan fingerprint density at radius 1 is 1.29 bits per heavy atom. The highest BCUT2D eigenvalue weighted by Crippen LogP contribution is 2.09. The molecule has 0 radical (unpaired) electrons. The van der Waals surface area contributed by atoms with E-state index in [0.29, 0.717) is 6.61 Å². The van der Waals surface area contributed by atoms with Crippen LogP contribution in [0.4, 0.5) is 0 Å². The second-order valence-corrected chi connectivity index (χ2v) is 3.98. The molecule has 0 aromatic heterocycles. The van der Waals surface area contributed by atoms with E-state index >= 15 is 0 Å². The van der Waals surface area contributed by atoms with Crippen LogP contribution in [-0.4, -0.2) is 30.1 Å². The van der Waals surface area contributed by atoms with Crippen LogP contribution in [0.1, 0.15) is 26.3 Å². The molecule has 17 heavy (non-hydrogen) atoms. The van der Waals surface area contributed by atoms with Crippen molar-refractivity contribution in [3.8, 4) is 0 Å². The summed E-state index contributed by atoms with van der Waals surface area (Å²) in [5.74, 6) is -0.148. The average molecular weight is 235 g/mol. The van der Waals surface area contributed by atoms with Gasteiger partial charge >= 0.3 is 5.97 Å². The Bertz CT molecular complexity index is 337. The average Bonchev–Trinajstić information content (AvgIpc) is 2.36. The van der Waals surface area contributed by atoms with Crippen molar-refractivity contribution in [2.45, 2.75) is 33.4 Å². The molecule has 1 aromatic rings. The van der Waals surface area contributed by atoms with Gasteiger partial charge in [-0.25, -0.2) is 0 Å². The van der Waals surface area contributed by atoms with Crippen molar-refractivity contribution < 1.29 is 9.53 Å². The summed E-state index contributed by atoms with van der Waals surface area (Å²) in [5.41, 5.74) is 1.21. The highest BCUT2D eigenvalue weighted by Gasteiger charge is 2.20. The summed E-state index contributed by atoms with van der Waals surface area (Å²) in [6.07, 6.45) is 0. The minimum absolute atomic E-state index is 0.148. The largest absolute Gasteiger partial charge is 0.465 e. The fraction of sp³-hybridized carbons (Fsp3) is 0.500. The van der Waals surface area contributed by atoms with Gasteiger partial charge in [-0.2, -0.15) is 0 Å². The minimum Gasteiger partial charge on any atom is -0.465 e. The van der Waals surface area contributed by atoms with E-state index in [1.807, 2.05) is 32.0 Å². The first-order valence-electron chi connectivity index (χ1n) is 6.13. The van der Waals surface area contributed by atoms with E-state index in [9.17, 15) is 4.79 Å². The fourth-order valence-corrected chi connectivity index (χ4v) is 1.75. The predicted molar refractivity (Wildman–Crippen MR) is 68.6 cm³/mol. The molecular weight excluding hydrogens is 214 g/mol. The molecule has 1 aromatic carbocycles. The van der Waals surface area contributed by atoms with Crippen molar-refractivity contribution >= 4 is 5.97 Å². The lowest BCUT2D eigenvalue weighted by Crippen LogP contribution is -2.39. The highest BCUT2D eigenvalue weighted by atomic mass is 16.5. The van der Waals surface area contributed by atoms with Crippen LogP contribution in [0.25, 0.3) is 0 Å². The fourth-order valence-electron chi connectivity index (χ4n) is 1.75. The van der Waals surface area contributed by atoms with Crippen molar-refractivity contribution in [3.05, 3.63) is 35.9 Å². The van der Waals surface area contributed by atoms with Gasteiger partial charge in [0.15, 0.2) is 0 Å². The van der Waals surface area contributed by atoms with Crippen molar-refractivity contribution in [2.24, 2.45) is 0 Å². The van der Waals surface area contributed by atoms with Crippen LogP contribution in [0.3, 0.4) is 0 Å². The Labute approximate surface area is 103 Å². The van der Waals surface area contributed by atoms with Gasteiger partial charge in [-0.1, -0.05) is 37.3 Å². The molecule has 94 valence electrons.